The third kappa shape index (κ3) is 10.2. The number of unbranched alkanes of at least 4 members (excludes halogenated alkanes) is 2. The van der Waals surface area contributed by atoms with E-state index in [0.717, 1.165) is 127 Å². The van der Waals surface area contributed by atoms with E-state index in [1.54, 1.807) is 0 Å². The van der Waals surface area contributed by atoms with Gasteiger partial charge < -0.3 is 33.7 Å². The average molecular weight is 870 g/mol. The third-order valence-corrected chi connectivity index (χ3v) is 13.7. The summed E-state index contributed by atoms with van der Waals surface area (Å²) in [5.41, 5.74) is 9.82. The van der Waals surface area contributed by atoms with Crippen LogP contribution in [0.2, 0.25) is 0 Å². The molecule has 0 saturated carbocycles. The van der Waals surface area contributed by atoms with Crippen molar-refractivity contribution in [3.05, 3.63) is 150 Å². The fraction of sp³-hybridized carbons (Fsp3) is 0.364. The standard InChI is InChI=1S/C55H63N7O3/c63-55-22-21-46-49(56-55)39-45(64-37-9-7-25-57-29-33-59(34-30-57)50-17-11-19-52-47(50)23-27-61(52)41-43-13-3-1-4-14-43)40-54(46)65-38-10-8-26-58-31-35-60(36-32-58)51-18-12-20-53-48(51)24-28-62(53)42-44-15-5-2-6-16-44/h1-6,11-20,23-24,27-28,39-40H,7-10,21-22,25-26,29-38,41-42H2,(H,56,63). The van der Waals surface area contributed by atoms with Crippen molar-refractivity contribution in [1.82, 2.24) is 18.9 Å². The number of carbonyl (C=O) groups excluding carboxylic acids is 1. The van der Waals surface area contributed by atoms with E-state index in [0.29, 0.717) is 26.1 Å². The average Bonchev–Trinajstić information content (AvgIpc) is 3.96. The minimum absolute atomic E-state index is 0.0529. The number of benzene rings is 5. The Balaban J connectivity index is 0.648. The maximum atomic E-state index is 12.4. The zero-order chi connectivity index (χ0) is 43.8. The van der Waals surface area contributed by atoms with Crippen molar-refractivity contribution in [2.45, 2.75) is 51.6 Å². The van der Waals surface area contributed by atoms with Gasteiger partial charge in [-0.3, -0.25) is 14.6 Å². The number of ether oxygens (including phenoxy) is 2. The van der Waals surface area contributed by atoms with Gasteiger partial charge >= 0.3 is 0 Å². The van der Waals surface area contributed by atoms with Gasteiger partial charge in [-0.05, 0) is 92.7 Å². The van der Waals surface area contributed by atoms with Crippen LogP contribution < -0.4 is 24.6 Å². The van der Waals surface area contributed by atoms with Crippen LogP contribution >= 0.6 is 0 Å². The number of amides is 1. The molecule has 3 aliphatic heterocycles. The summed E-state index contributed by atoms with van der Waals surface area (Å²) in [5.74, 6) is 1.67. The first-order valence-electron chi connectivity index (χ1n) is 24.0. The minimum Gasteiger partial charge on any atom is -0.493 e. The second-order valence-electron chi connectivity index (χ2n) is 18.0. The first-order valence-corrected chi connectivity index (χ1v) is 24.0. The summed E-state index contributed by atoms with van der Waals surface area (Å²) >= 11 is 0. The number of fused-ring (bicyclic) bond motifs is 3. The van der Waals surface area contributed by atoms with Crippen LogP contribution in [0.25, 0.3) is 21.8 Å². The number of aromatic nitrogens is 2. The summed E-state index contributed by atoms with van der Waals surface area (Å²) in [6, 6.07) is 43.4. The lowest BCUT2D eigenvalue weighted by Crippen LogP contribution is -2.46. The summed E-state index contributed by atoms with van der Waals surface area (Å²) in [5, 5.41) is 5.75. The van der Waals surface area contributed by atoms with Crippen LogP contribution in [0.3, 0.4) is 0 Å². The Morgan fingerprint density at radius 3 is 1.57 bits per heavy atom. The number of carbonyl (C=O) groups is 1. The number of piperazine rings is 2. The number of nitrogens with one attached hydrogen (secondary N) is 1. The lowest BCUT2D eigenvalue weighted by molar-refractivity contribution is -0.116. The van der Waals surface area contributed by atoms with Gasteiger partial charge in [0, 0.05) is 124 Å². The molecule has 0 radical (unpaired) electrons. The fourth-order valence-electron chi connectivity index (χ4n) is 10.1. The summed E-state index contributed by atoms with van der Waals surface area (Å²) in [4.78, 5) is 22.7. The van der Waals surface area contributed by atoms with Gasteiger partial charge in [0.05, 0.1) is 29.9 Å². The fourth-order valence-corrected chi connectivity index (χ4v) is 10.1. The number of rotatable bonds is 18. The molecule has 0 atom stereocenters. The van der Waals surface area contributed by atoms with E-state index in [1.807, 2.05) is 12.1 Å². The van der Waals surface area contributed by atoms with Crippen molar-refractivity contribution in [2.24, 2.45) is 0 Å². The van der Waals surface area contributed by atoms with Crippen LogP contribution in [0, 0.1) is 0 Å². The van der Waals surface area contributed by atoms with Crippen LogP contribution in [0.1, 0.15) is 48.8 Å². The molecule has 1 N–H and O–H groups in total. The Kier molecular flexibility index (Phi) is 13.3. The topological polar surface area (TPSA) is 70.4 Å². The lowest BCUT2D eigenvalue weighted by Gasteiger charge is -2.36. The molecule has 1 amide bonds. The predicted octanol–water partition coefficient (Wildman–Crippen LogP) is 9.54. The lowest BCUT2D eigenvalue weighted by atomic mass is 10.0. The number of anilines is 3. The van der Waals surface area contributed by atoms with Crippen molar-refractivity contribution < 1.29 is 14.3 Å². The van der Waals surface area contributed by atoms with Gasteiger partial charge in [-0.2, -0.15) is 0 Å². The maximum absolute atomic E-state index is 12.4. The molecule has 10 heteroatoms. The molecule has 5 heterocycles. The molecular weight excluding hydrogens is 807 g/mol. The highest BCUT2D eigenvalue weighted by atomic mass is 16.5. The summed E-state index contributed by atoms with van der Waals surface area (Å²) in [6.07, 6.45) is 9.75. The van der Waals surface area contributed by atoms with E-state index in [9.17, 15) is 4.79 Å². The van der Waals surface area contributed by atoms with Crippen LogP contribution in [0.5, 0.6) is 11.5 Å². The highest BCUT2D eigenvalue weighted by molar-refractivity contribution is 5.95. The summed E-state index contributed by atoms with van der Waals surface area (Å²) in [6.45, 7) is 13.6. The van der Waals surface area contributed by atoms with Gasteiger partial charge in [0.2, 0.25) is 5.91 Å². The molecule has 2 saturated heterocycles. The molecule has 65 heavy (non-hydrogen) atoms. The van der Waals surface area contributed by atoms with Crippen molar-refractivity contribution in [3.8, 4) is 11.5 Å². The van der Waals surface area contributed by atoms with Gasteiger partial charge in [-0.25, -0.2) is 0 Å². The van der Waals surface area contributed by atoms with Crippen molar-refractivity contribution >= 4 is 44.8 Å². The van der Waals surface area contributed by atoms with Gasteiger partial charge in [0.1, 0.15) is 11.5 Å². The second kappa shape index (κ2) is 20.3. The Hall–Kier alpha value is -6.23. The summed E-state index contributed by atoms with van der Waals surface area (Å²) in [7, 11) is 0. The van der Waals surface area contributed by atoms with Crippen molar-refractivity contribution in [2.75, 3.05) is 93.8 Å². The van der Waals surface area contributed by atoms with Gasteiger partial charge in [-0.1, -0.05) is 72.8 Å². The van der Waals surface area contributed by atoms with E-state index in [1.165, 1.54) is 44.3 Å². The molecule has 3 aliphatic rings. The molecule has 2 fully saturated rings. The number of hydrogen-bond donors (Lipinski definition) is 1. The maximum Gasteiger partial charge on any atom is 0.224 e. The van der Waals surface area contributed by atoms with E-state index in [2.05, 4.69) is 156 Å². The SMILES string of the molecule is O=C1CCc2c(cc(OCCCCN3CCN(c4cccc5c4ccn5Cc4ccccc4)CC3)cc2OCCCCN2CCN(c3cccc4c3ccn4Cc3ccccc3)CC2)N1. The Labute approximate surface area is 383 Å². The van der Waals surface area contributed by atoms with E-state index in [4.69, 9.17) is 9.47 Å². The molecule has 10 nitrogen and oxygen atoms in total. The van der Waals surface area contributed by atoms with Crippen LogP contribution in [-0.4, -0.2) is 104 Å². The first kappa shape index (κ1) is 42.7. The Morgan fingerprint density at radius 1 is 0.508 bits per heavy atom. The second-order valence-corrected chi connectivity index (χ2v) is 18.0. The Bertz CT molecular complexity index is 2660. The molecule has 336 valence electrons. The zero-order valence-electron chi connectivity index (χ0n) is 37.8. The molecule has 5 aromatic carbocycles. The van der Waals surface area contributed by atoms with E-state index in [-0.39, 0.29) is 5.91 Å². The molecular formula is C55H63N7O3. The van der Waals surface area contributed by atoms with E-state index < -0.39 is 0 Å². The Morgan fingerprint density at radius 2 is 1.03 bits per heavy atom. The smallest absolute Gasteiger partial charge is 0.224 e. The van der Waals surface area contributed by atoms with Crippen molar-refractivity contribution in [3.63, 3.8) is 0 Å². The molecule has 10 rings (SSSR count). The molecule has 0 bridgehead atoms. The molecule has 0 spiro atoms. The normalized spacial score (nSPS) is 16.0. The molecule has 2 aromatic heterocycles. The van der Waals surface area contributed by atoms with Crippen LogP contribution in [0.4, 0.5) is 17.1 Å². The first-order chi connectivity index (χ1) is 32.1. The predicted molar refractivity (Wildman–Crippen MR) is 265 cm³/mol. The highest BCUT2D eigenvalue weighted by Gasteiger charge is 2.23. The van der Waals surface area contributed by atoms with Gasteiger partial charge in [0.25, 0.3) is 0 Å². The highest BCUT2D eigenvalue weighted by Crippen LogP contribution is 2.37. The molecule has 7 aromatic rings. The van der Waals surface area contributed by atoms with Gasteiger partial charge in [0.15, 0.2) is 0 Å². The summed E-state index contributed by atoms with van der Waals surface area (Å²) < 4.78 is 17.5. The quantitative estimate of drug-likeness (QED) is 0.0863. The largest absolute Gasteiger partial charge is 0.493 e. The van der Waals surface area contributed by atoms with Crippen LogP contribution in [-0.2, 0) is 24.3 Å². The van der Waals surface area contributed by atoms with Crippen LogP contribution in [0.15, 0.2) is 134 Å². The number of nitrogens with zero attached hydrogens (tertiary/aromatic N) is 6. The van der Waals surface area contributed by atoms with E-state index >= 15 is 0 Å². The third-order valence-electron chi connectivity index (χ3n) is 13.7. The molecule has 0 aliphatic carbocycles. The van der Waals surface area contributed by atoms with Crippen molar-refractivity contribution in [1.29, 1.82) is 0 Å². The van der Waals surface area contributed by atoms with Gasteiger partial charge in [-0.15, -0.1) is 0 Å². The monoisotopic (exact) mass is 869 g/mol. The molecule has 0 unspecified atom stereocenters. The number of hydrogen-bond acceptors (Lipinski definition) is 7. The minimum atomic E-state index is 0.0529. The zero-order valence-corrected chi connectivity index (χ0v) is 37.8.